The highest BCUT2D eigenvalue weighted by molar-refractivity contribution is 9.10. The summed E-state index contributed by atoms with van der Waals surface area (Å²) in [6, 6.07) is 17.3. The zero-order chi connectivity index (χ0) is 18.5. The second-order valence-corrected chi connectivity index (χ2v) is 6.44. The molecule has 1 heterocycles. The number of methoxy groups -OCH3 is 1. The van der Waals surface area contributed by atoms with Crippen molar-refractivity contribution in [1.82, 2.24) is 9.78 Å². The van der Waals surface area contributed by atoms with E-state index in [4.69, 9.17) is 4.74 Å². The van der Waals surface area contributed by atoms with E-state index < -0.39 is 0 Å². The quantitative estimate of drug-likeness (QED) is 0.696. The topological polar surface area (TPSA) is 73.2 Å². The minimum atomic E-state index is -0.389. The Labute approximate surface area is 158 Å². The van der Waals surface area contributed by atoms with Crippen LogP contribution in [0.4, 0.5) is 5.69 Å². The number of rotatable bonds is 5. The predicted octanol–water partition coefficient (Wildman–Crippen LogP) is 3.32. The first-order chi connectivity index (χ1) is 12.5. The highest BCUT2D eigenvalue weighted by atomic mass is 79.9. The van der Waals surface area contributed by atoms with E-state index in [0.29, 0.717) is 11.4 Å². The first kappa shape index (κ1) is 17.9. The van der Waals surface area contributed by atoms with Crippen LogP contribution >= 0.6 is 15.9 Å². The first-order valence-corrected chi connectivity index (χ1v) is 8.62. The van der Waals surface area contributed by atoms with E-state index in [1.54, 1.807) is 31.4 Å². The van der Waals surface area contributed by atoms with Gasteiger partial charge in [-0.05, 0) is 48.0 Å². The molecular weight excluding hydrogens is 398 g/mol. The first-order valence-electron chi connectivity index (χ1n) is 7.83. The minimum Gasteiger partial charge on any atom is -0.497 e. The molecule has 0 aliphatic rings. The molecule has 0 saturated heterocycles. The molecule has 1 amide bonds. The molecule has 0 aliphatic heterocycles. The van der Waals surface area contributed by atoms with Crippen molar-refractivity contribution in [1.29, 1.82) is 0 Å². The highest BCUT2D eigenvalue weighted by Crippen LogP contribution is 2.15. The van der Waals surface area contributed by atoms with E-state index >= 15 is 0 Å². The van der Waals surface area contributed by atoms with Crippen molar-refractivity contribution >= 4 is 27.5 Å². The SMILES string of the molecule is COc1ccc(NC(=O)c2ccc(=O)n(Cc3ccc(Br)cc3)n2)cc1. The number of anilines is 1. The van der Waals surface area contributed by atoms with Crippen LogP contribution in [0.5, 0.6) is 5.75 Å². The van der Waals surface area contributed by atoms with E-state index in [1.807, 2.05) is 24.3 Å². The predicted molar refractivity (Wildman–Crippen MR) is 103 cm³/mol. The second kappa shape index (κ2) is 7.97. The number of nitrogens with zero attached hydrogens (tertiary/aromatic N) is 2. The molecule has 0 unspecified atom stereocenters. The third kappa shape index (κ3) is 4.37. The van der Waals surface area contributed by atoms with Crippen LogP contribution in [0.15, 0.2) is 69.9 Å². The monoisotopic (exact) mass is 413 g/mol. The normalized spacial score (nSPS) is 10.4. The summed E-state index contributed by atoms with van der Waals surface area (Å²) in [7, 11) is 1.58. The molecule has 0 fully saturated rings. The van der Waals surface area contributed by atoms with Gasteiger partial charge in [0.1, 0.15) is 11.4 Å². The van der Waals surface area contributed by atoms with Crippen LogP contribution in [0.1, 0.15) is 16.1 Å². The summed E-state index contributed by atoms with van der Waals surface area (Å²) in [5, 5.41) is 6.92. The standard InChI is InChI=1S/C19H16BrN3O3/c1-26-16-8-6-15(7-9-16)21-19(25)17-10-11-18(24)23(22-17)12-13-2-4-14(20)5-3-13/h2-11H,12H2,1H3,(H,21,25). The maximum atomic E-state index is 12.4. The lowest BCUT2D eigenvalue weighted by Gasteiger charge is -2.09. The minimum absolute atomic E-state index is 0.164. The van der Waals surface area contributed by atoms with Gasteiger partial charge in [0.2, 0.25) is 0 Å². The van der Waals surface area contributed by atoms with Gasteiger partial charge in [-0.15, -0.1) is 0 Å². The number of aromatic nitrogens is 2. The fraction of sp³-hybridized carbons (Fsp3) is 0.105. The molecule has 0 aliphatic carbocycles. The molecule has 26 heavy (non-hydrogen) atoms. The summed E-state index contributed by atoms with van der Waals surface area (Å²) in [5.74, 6) is 0.309. The Morgan fingerprint density at radius 3 is 2.42 bits per heavy atom. The second-order valence-electron chi connectivity index (χ2n) is 5.52. The molecule has 0 atom stereocenters. The van der Waals surface area contributed by atoms with Gasteiger partial charge in [0.25, 0.3) is 11.5 Å². The molecule has 1 N–H and O–H groups in total. The van der Waals surface area contributed by atoms with Crippen molar-refractivity contribution in [3.63, 3.8) is 0 Å². The molecule has 0 spiro atoms. The summed E-state index contributed by atoms with van der Waals surface area (Å²) < 4.78 is 7.31. The average Bonchev–Trinajstić information content (AvgIpc) is 2.66. The Hall–Kier alpha value is -2.93. The number of carbonyl (C=O) groups is 1. The van der Waals surface area contributed by atoms with Gasteiger partial charge in [0.05, 0.1) is 13.7 Å². The molecule has 6 nitrogen and oxygen atoms in total. The van der Waals surface area contributed by atoms with E-state index in [2.05, 4.69) is 26.3 Å². The number of hydrogen-bond donors (Lipinski definition) is 1. The molecule has 0 bridgehead atoms. The molecule has 1 aromatic heterocycles. The van der Waals surface area contributed by atoms with Crippen molar-refractivity contribution in [2.75, 3.05) is 12.4 Å². The Bertz CT molecular complexity index is 967. The smallest absolute Gasteiger partial charge is 0.276 e. The van der Waals surface area contributed by atoms with Gasteiger partial charge < -0.3 is 10.1 Å². The van der Waals surface area contributed by atoms with Gasteiger partial charge in [-0.2, -0.15) is 5.10 Å². The van der Waals surface area contributed by atoms with Crippen molar-refractivity contribution in [2.24, 2.45) is 0 Å². The van der Waals surface area contributed by atoms with Crippen LogP contribution in [0.3, 0.4) is 0 Å². The third-order valence-corrected chi connectivity index (χ3v) is 4.22. The molecule has 3 rings (SSSR count). The molecule has 0 radical (unpaired) electrons. The largest absolute Gasteiger partial charge is 0.497 e. The lowest BCUT2D eigenvalue weighted by atomic mass is 10.2. The third-order valence-electron chi connectivity index (χ3n) is 3.69. The highest BCUT2D eigenvalue weighted by Gasteiger charge is 2.10. The lowest BCUT2D eigenvalue weighted by Crippen LogP contribution is -2.26. The van der Waals surface area contributed by atoms with Crippen LogP contribution in [-0.4, -0.2) is 22.8 Å². The number of ether oxygens (including phenoxy) is 1. The number of hydrogen-bond acceptors (Lipinski definition) is 4. The van der Waals surface area contributed by atoms with Crippen molar-refractivity contribution in [3.8, 4) is 5.75 Å². The van der Waals surface area contributed by atoms with E-state index in [9.17, 15) is 9.59 Å². The molecule has 3 aromatic rings. The maximum absolute atomic E-state index is 12.4. The average molecular weight is 414 g/mol. The molecule has 132 valence electrons. The van der Waals surface area contributed by atoms with E-state index in [-0.39, 0.29) is 23.7 Å². The zero-order valence-electron chi connectivity index (χ0n) is 14.0. The van der Waals surface area contributed by atoms with E-state index in [1.165, 1.54) is 16.8 Å². The summed E-state index contributed by atoms with van der Waals surface area (Å²) in [6.45, 7) is 0.287. The molecule has 0 saturated carbocycles. The molecular formula is C19H16BrN3O3. The van der Waals surface area contributed by atoms with Gasteiger partial charge in [0.15, 0.2) is 0 Å². The van der Waals surface area contributed by atoms with Crippen LogP contribution in [0, 0.1) is 0 Å². The lowest BCUT2D eigenvalue weighted by molar-refractivity contribution is 0.102. The summed E-state index contributed by atoms with van der Waals surface area (Å²) in [6.07, 6.45) is 0. The number of amides is 1. The Kier molecular flexibility index (Phi) is 5.48. The fourth-order valence-electron chi connectivity index (χ4n) is 2.32. The van der Waals surface area contributed by atoms with Crippen LogP contribution in [0.2, 0.25) is 0 Å². The number of halogens is 1. The summed E-state index contributed by atoms with van der Waals surface area (Å²) in [5.41, 5.74) is 1.42. The summed E-state index contributed by atoms with van der Waals surface area (Å²) >= 11 is 3.37. The fourth-order valence-corrected chi connectivity index (χ4v) is 2.58. The maximum Gasteiger partial charge on any atom is 0.276 e. The van der Waals surface area contributed by atoms with Gasteiger partial charge in [-0.1, -0.05) is 28.1 Å². The van der Waals surface area contributed by atoms with Gasteiger partial charge in [-0.25, -0.2) is 4.68 Å². The van der Waals surface area contributed by atoms with Crippen molar-refractivity contribution < 1.29 is 9.53 Å². The number of benzene rings is 2. The Morgan fingerprint density at radius 1 is 1.08 bits per heavy atom. The Morgan fingerprint density at radius 2 is 1.77 bits per heavy atom. The van der Waals surface area contributed by atoms with Gasteiger partial charge in [0, 0.05) is 16.2 Å². The van der Waals surface area contributed by atoms with E-state index in [0.717, 1.165) is 10.0 Å². The number of nitrogens with one attached hydrogen (secondary N) is 1. The van der Waals surface area contributed by atoms with Crippen molar-refractivity contribution in [2.45, 2.75) is 6.54 Å². The zero-order valence-corrected chi connectivity index (χ0v) is 15.6. The number of carbonyl (C=O) groups excluding carboxylic acids is 1. The van der Waals surface area contributed by atoms with Gasteiger partial charge in [-0.3, -0.25) is 9.59 Å². The van der Waals surface area contributed by atoms with Crippen LogP contribution in [0.25, 0.3) is 0 Å². The van der Waals surface area contributed by atoms with Crippen molar-refractivity contribution in [3.05, 3.63) is 86.7 Å². The molecule has 2 aromatic carbocycles. The summed E-state index contributed by atoms with van der Waals surface area (Å²) in [4.78, 5) is 24.4. The Balaban J connectivity index is 1.78. The van der Waals surface area contributed by atoms with Crippen LogP contribution < -0.4 is 15.6 Å². The van der Waals surface area contributed by atoms with Crippen LogP contribution in [-0.2, 0) is 6.54 Å². The molecule has 7 heteroatoms. The van der Waals surface area contributed by atoms with Gasteiger partial charge >= 0.3 is 0 Å².